The number of benzene rings is 2. The molecule has 0 fully saturated rings. The summed E-state index contributed by atoms with van der Waals surface area (Å²) < 4.78 is 56.3. The second-order valence-electron chi connectivity index (χ2n) is 6.86. The third-order valence-electron chi connectivity index (χ3n) is 4.11. The fourth-order valence-corrected chi connectivity index (χ4v) is 3.57. The van der Waals surface area contributed by atoms with Crippen molar-refractivity contribution in [2.75, 3.05) is 35.3 Å². The van der Waals surface area contributed by atoms with Crippen molar-refractivity contribution in [3.8, 4) is 0 Å². The SMILES string of the molecule is CS(=O)(=O)NCCNc1nc(NCc2ccccc2)nc(Nc2ccc(S(=O)(=O)O)cc2)n1. The normalized spacial score (nSPS) is 11.7. The van der Waals surface area contributed by atoms with Crippen LogP contribution < -0.4 is 20.7 Å². The van der Waals surface area contributed by atoms with Gasteiger partial charge < -0.3 is 16.0 Å². The molecule has 1 heterocycles. The van der Waals surface area contributed by atoms with Gasteiger partial charge >= 0.3 is 0 Å². The fraction of sp³-hybridized carbons (Fsp3) is 0.211. The molecular weight excluding hydrogens is 470 g/mol. The summed E-state index contributed by atoms with van der Waals surface area (Å²) in [5.41, 5.74) is 1.49. The van der Waals surface area contributed by atoms with Gasteiger partial charge in [-0.2, -0.15) is 23.4 Å². The van der Waals surface area contributed by atoms with Gasteiger partial charge in [-0.25, -0.2) is 13.1 Å². The van der Waals surface area contributed by atoms with Gasteiger partial charge in [0.25, 0.3) is 10.1 Å². The number of hydrogen-bond donors (Lipinski definition) is 5. The van der Waals surface area contributed by atoms with Crippen LogP contribution in [0.1, 0.15) is 5.56 Å². The van der Waals surface area contributed by atoms with E-state index in [1.54, 1.807) is 0 Å². The molecule has 5 N–H and O–H groups in total. The Kier molecular flexibility index (Phi) is 7.75. The average Bonchev–Trinajstić information content (AvgIpc) is 2.75. The topological polar surface area (TPSA) is 175 Å². The van der Waals surface area contributed by atoms with Gasteiger partial charge in [0.15, 0.2) is 0 Å². The standard InChI is InChI=1S/C19H23N7O5S2/c1-32(27,28)22-12-11-20-17-24-18(21-13-14-5-3-2-4-6-14)26-19(25-17)23-15-7-9-16(10-8-15)33(29,30)31/h2-10,22H,11-13H2,1H3,(H,29,30,31)(H3,20,21,23,24,25,26). The summed E-state index contributed by atoms with van der Waals surface area (Å²) in [6.45, 7) is 0.831. The third-order valence-corrected chi connectivity index (χ3v) is 5.71. The molecule has 1 aromatic heterocycles. The first-order chi connectivity index (χ1) is 15.6. The van der Waals surface area contributed by atoms with Crippen molar-refractivity contribution < 1.29 is 21.4 Å². The van der Waals surface area contributed by atoms with Crippen LogP contribution in [0, 0.1) is 0 Å². The van der Waals surface area contributed by atoms with Crippen molar-refractivity contribution >= 4 is 43.7 Å². The van der Waals surface area contributed by atoms with Gasteiger partial charge in [0, 0.05) is 25.3 Å². The van der Waals surface area contributed by atoms with Gasteiger partial charge in [0.05, 0.1) is 11.2 Å². The molecule has 0 unspecified atom stereocenters. The van der Waals surface area contributed by atoms with E-state index in [1.807, 2.05) is 30.3 Å². The minimum absolute atomic E-state index is 0.136. The Morgan fingerprint density at radius 2 is 1.39 bits per heavy atom. The van der Waals surface area contributed by atoms with Gasteiger partial charge in [-0.15, -0.1) is 0 Å². The van der Waals surface area contributed by atoms with Crippen LogP contribution >= 0.6 is 0 Å². The second kappa shape index (κ2) is 10.5. The molecule has 0 spiro atoms. The van der Waals surface area contributed by atoms with Gasteiger partial charge in [-0.1, -0.05) is 30.3 Å². The summed E-state index contributed by atoms with van der Waals surface area (Å²) in [4.78, 5) is 12.6. The smallest absolute Gasteiger partial charge is 0.294 e. The van der Waals surface area contributed by atoms with Crippen LogP contribution in [0.2, 0.25) is 0 Å². The Labute approximate surface area is 191 Å². The molecule has 2 aromatic carbocycles. The fourth-order valence-electron chi connectivity index (χ4n) is 2.62. The largest absolute Gasteiger partial charge is 0.353 e. The molecule has 33 heavy (non-hydrogen) atoms. The summed E-state index contributed by atoms with van der Waals surface area (Å²) in [7, 11) is -7.62. The number of nitrogens with one attached hydrogen (secondary N) is 4. The highest BCUT2D eigenvalue weighted by atomic mass is 32.2. The van der Waals surface area contributed by atoms with E-state index in [0.717, 1.165) is 11.8 Å². The van der Waals surface area contributed by atoms with Gasteiger partial charge in [-0.05, 0) is 29.8 Å². The van der Waals surface area contributed by atoms with E-state index in [2.05, 4.69) is 35.6 Å². The zero-order chi connectivity index (χ0) is 23.9. The number of nitrogens with zero attached hydrogens (tertiary/aromatic N) is 3. The Bertz CT molecular complexity index is 1290. The average molecular weight is 494 g/mol. The van der Waals surface area contributed by atoms with Gasteiger partial charge in [-0.3, -0.25) is 4.55 Å². The molecule has 0 atom stereocenters. The lowest BCUT2D eigenvalue weighted by atomic mass is 10.2. The van der Waals surface area contributed by atoms with Gasteiger partial charge in [0.1, 0.15) is 0 Å². The van der Waals surface area contributed by atoms with Crippen LogP contribution in [0.25, 0.3) is 0 Å². The first kappa shape index (κ1) is 24.3. The summed E-state index contributed by atoms with van der Waals surface area (Å²) >= 11 is 0. The van der Waals surface area contributed by atoms with E-state index in [4.69, 9.17) is 4.55 Å². The lowest BCUT2D eigenvalue weighted by Crippen LogP contribution is -2.28. The summed E-state index contributed by atoms with van der Waals surface area (Å²) in [5.74, 6) is 0.635. The van der Waals surface area contributed by atoms with Crippen LogP contribution in [0.15, 0.2) is 59.5 Å². The number of anilines is 4. The highest BCUT2D eigenvalue weighted by molar-refractivity contribution is 7.88. The molecule has 0 aliphatic carbocycles. The molecule has 0 saturated heterocycles. The van der Waals surface area contributed by atoms with Crippen molar-refractivity contribution in [1.82, 2.24) is 19.7 Å². The molecule has 0 saturated carbocycles. The zero-order valence-electron chi connectivity index (χ0n) is 17.6. The highest BCUT2D eigenvalue weighted by Crippen LogP contribution is 2.18. The highest BCUT2D eigenvalue weighted by Gasteiger charge is 2.11. The van der Waals surface area contributed by atoms with E-state index < -0.39 is 20.1 Å². The number of hydrogen-bond acceptors (Lipinski definition) is 10. The summed E-state index contributed by atoms with van der Waals surface area (Å²) in [5, 5.41) is 8.98. The molecule has 12 nitrogen and oxygen atoms in total. The summed E-state index contributed by atoms with van der Waals surface area (Å²) in [6.07, 6.45) is 1.07. The van der Waals surface area contributed by atoms with Crippen molar-refractivity contribution in [3.05, 3.63) is 60.2 Å². The Morgan fingerprint density at radius 1 is 0.788 bits per heavy atom. The van der Waals surface area contributed by atoms with E-state index in [0.29, 0.717) is 12.2 Å². The van der Waals surface area contributed by atoms with Crippen LogP contribution in [-0.4, -0.2) is 55.7 Å². The van der Waals surface area contributed by atoms with E-state index in [-0.39, 0.29) is 35.8 Å². The molecule has 3 aromatic rings. The first-order valence-corrected chi connectivity index (χ1v) is 13.0. The van der Waals surface area contributed by atoms with E-state index >= 15 is 0 Å². The second-order valence-corrected chi connectivity index (χ2v) is 10.1. The van der Waals surface area contributed by atoms with Crippen molar-refractivity contribution in [1.29, 1.82) is 0 Å². The summed E-state index contributed by atoms with van der Waals surface area (Å²) in [6, 6.07) is 15.0. The molecule has 176 valence electrons. The molecule has 0 aliphatic heterocycles. The molecular formula is C19H23N7O5S2. The van der Waals surface area contributed by atoms with Crippen molar-refractivity contribution in [2.45, 2.75) is 11.4 Å². The molecule has 0 aliphatic rings. The molecule has 14 heteroatoms. The Balaban J connectivity index is 1.76. The first-order valence-electron chi connectivity index (χ1n) is 9.65. The monoisotopic (exact) mass is 493 g/mol. The van der Waals surface area contributed by atoms with Crippen LogP contribution in [0.4, 0.5) is 23.5 Å². The maximum Gasteiger partial charge on any atom is 0.294 e. The quantitative estimate of drug-likeness (QED) is 0.193. The maximum absolute atomic E-state index is 11.2. The molecule has 3 rings (SSSR count). The maximum atomic E-state index is 11.2. The van der Waals surface area contributed by atoms with E-state index in [9.17, 15) is 16.8 Å². The van der Waals surface area contributed by atoms with Crippen molar-refractivity contribution in [2.24, 2.45) is 0 Å². The Morgan fingerprint density at radius 3 is 2.00 bits per heavy atom. The van der Waals surface area contributed by atoms with Crippen LogP contribution in [0.3, 0.4) is 0 Å². The zero-order valence-corrected chi connectivity index (χ0v) is 19.2. The predicted octanol–water partition coefficient (Wildman–Crippen LogP) is 1.44. The van der Waals surface area contributed by atoms with Crippen LogP contribution in [0.5, 0.6) is 0 Å². The molecule has 0 radical (unpaired) electrons. The minimum atomic E-state index is -4.30. The Hall–Kier alpha value is -3.33. The number of rotatable bonds is 11. The lowest BCUT2D eigenvalue weighted by Gasteiger charge is -2.12. The predicted molar refractivity (Wildman–Crippen MR) is 124 cm³/mol. The minimum Gasteiger partial charge on any atom is -0.353 e. The van der Waals surface area contributed by atoms with Crippen LogP contribution in [-0.2, 0) is 26.7 Å². The van der Waals surface area contributed by atoms with E-state index in [1.165, 1.54) is 24.3 Å². The lowest BCUT2D eigenvalue weighted by molar-refractivity contribution is 0.483. The molecule has 0 amide bonds. The number of aromatic nitrogens is 3. The third kappa shape index (κ3) is 8.27. The van der Waals surface area contributed by atoms with Gasteiger partial charge in [0.2, 0.25) is 27.9 Å². The number of sulfonamides is 1. The molecule has 0 bridgehead atoms. The van der Waals surface area contributed by atoms with Crippen molar-refractivity contribution in [3.63, 3.8) is 0 Å².